The predicted molar refractivity (Wildman–Crippen MR) is 130 cm³/mol. The maximum atomic E-state index is 13.6. The molecule has 0 unspecified atom stereocenters. The first-order valence-electron chi connectivity index (χ1n) is 12.2. The van der Waals surface area contributed by atoms with Crippen molar-refractivity contribution in [3.63, 3.8) is 0 Å². The summed E-state index contributed by atoms with van der Waals surface area (Å²) in [5, 5.41) is 9.85. The maximum absolute atomic E-state index is 13.6. The Balaban J connectivity index is 1.64. The highest BCUT2D eigenvalue weighted by Crippen LogP contribution is 2.30. The molecule has 1 fully saturated rings. The van der Waals surface area contributed by atoms with E-state index >= 15 is 0 Å². The van der Waals surface area contributed by atoms with Crippen molar-refractivity contribution in [1.82, 2.24) is 19.8 Å². The van der Waals surface area contributed by atoms with Crippen LogP contribution in [-0.4, -0.2) is 88.8 Å². The molecular weight excluding hydrogens is 448 g/mol. The molecule has 0 aliphatic carbocycles. The van der Waals surface area contributed by atoms with E-state index in [9.17, 15) is 14.7 Å². The largest absolute Gasteiger partial charge is 0.472 e. The summed E-state index contributed by atoms with van der Waals surface area (Å²) in [5.74, 6) is -0.0516. The van der Waals surface area contributed by atoms with Gasteiger partial charge in [0.25, 0.3) is 5.91 Å². The van der Waals surface area contributed by atoms with Gasteiger partial charge in [-0.1, -0.05) is 13.0 Å². The number of hydrogen-bond donors (Lipinski definition) is 1. The minimum atomic E-state index is -0.375. The molecule has 1 N–H and O–H groups in total. The van der Waals surface area contributed by atoms with Crippen molar-refractivity contribution in [3.05, 3.63) is 42.4 Å². The van der Waals surface area contributed by atoms with Crippen molar-refractivity contribution in [2.75, 3.05) is 40.0 Å². The van der Waals surface area contributed by atoms with Crippen molar-refractivity contribution in [2.45, 2.75) is 38.8 Å². The van der Waals surface area contributed by atoms with Crippen LogP contribution in [0.2, 0.25) is 0 Å². The lowest BCUT2D eigenvalue weighted by molar-refractivity contribution is -0.138. The number of aliphatic hydroxyl groups is 1. The lowest BCUT2D eigenvalue weighted by Gasteiger charge is -2.38. The van der Waals surface area contributed by atoms with Gasteiger partial charge in [-0.25, -0.2) is 4.98 Å². The Bertz CT molecular complexity index is 1030. The van der Waals surface area contributed by atoms with Crippen LogP contribution < -0.4 is 4.74 Å². The molecule has 0 radical (unpaired) electrons. The Kier molecular flexibility index (Phi) is 7.97. The number of ether oxygens (including phenoxy) is 2. The second-order valence-corrected chi connectivity index (χ2v) is 9.55. The van der Waals surface area contributed by atoms with Crippen molar-refractivity contribution in [3.8, 4) is 17.0 Å². The van der Waals surface area contributed by atoms with Crippen LogP contribution in [0.3, 0.4) is 0 Å². The van der Waals surface area contributed by atoms with Gasteiger partial charge in [-0.3, -0.25) is 14.6 Å². The van der Waals surface area contributed by atoms with Gasteiger partial charge in [-0.15, -0.1) is 0 Å². The molecule has 1 saturated heterocycles. The molecule has 2 amide bonds. The smallest absolute Gasteiger partial charge is 0.259 e. The number of hydrogen-bond acceptors (Lipinski definition) is 7. The number of aromatic nitrogens is 2. The third-order valence-corrected chi connectivity index (χ3v) is 6.92. The molecule has 0 bridgehead atoms. The Morgan fingerprint density at radius 2 is 2.06 bits per heavy atom. The number of carbonyl (C=O) groups is 2. The minimum Gasteiger partial charge on any atom is -0.472 e. The number of aliphatic hydroxyl groups excluding tert-OH is 1. The monoisotopic (exact) mass is 482 g/mol. The van der Waals surface area contributed by atoms with Gasteiger partial charge in [0.05, 0.1) is 19.2 Å². The Morgan fingerprint density at radius 1 is 1.29 bits per heavy atom. The summed E-state index contributed by atoms with van der Waals surface area (Å²) in [7, 11) is 1.80. The van der Waals surface area contributed by atoms with E-state index in [0.29, 0.717) is 31.9 Å². The topological polar surface area (TPSA) is 105 Å². The lowest BCUT2D eigenvalue weighted by Crippen LogP contribution is -2.51. The molecule has 9 nitrogen and oxygen atoms in total. The molecule has 0 saturated carbocycles. The van der Waals surface area contributed by atoms with Gasteiger partial charge in [0.2, 0.25) is 11.8 Å². The fraction of sp³-hybridized carbons (Fsp3) is 0.538. The normalized spacial score (nSPS) is 21.9. The number of fused-ring (bicyclic) bond motifs is 1. The number of likely N-dealkylation sites (N-methyl/N-ethyl adjacent to an activating group) is 1. The lowest BCUT2D eigenvalue weighted by atomic mass is 9.97. The first kappa shape index (κ1) is 25.1. The molecule has 0 aromatic carbocycles. The minimum absolute atomic E-state index is 0.0439. The Morgan fingerprint density at radius 3 is 2.74 bits per heavy atom. The molecule has 2 aliphatic heterocycles. The van der Waals surface area contributed by atoms with E-state index in [-0.39, 0.29) is 48.3 Å². The van der Waals surface area contributed by atoms with Crippen molar-refractivity contribution in [2.24, 2.45) is 11.8 Å². The molecule has 2 aromatic heterocycles. The Hall–Kier alpha value is -3.04. The van der Waals surface area contributed by atoms with Gasteiger partial charge >= 0.3 is 0 Å². The van der Waals surface area contributed by atoms with Crippen LogP contribution in [0.1, 0.15) is 37.0 Å². The van der Waals surface area contributed by atoms with E-state index in [2.05, 4.69) is 9.97 Å². The summed E-state index contributed by atoms with van der Waals surface area (Å²) in [6.45, 7) is 5.63. The summed E-state index contributed by atoms with van der Waals surface area (Å²) in [5.41, 5.74) is 1.93. The van der Waals surface area contributed by atoms with E-state index in [1.165, 1.54) is 0 Å². The highest BCUT2D eigenvalue weighted by atomic mass is 16.5. The molecule has 9 heteroatoms. The molecule has 2 aliphatic rings. The van der Waals surface area contributed by atoms with Crippen LogP contribution in [0, 0.1) is 11.8 Å². The molecule has 4 rings (SSSR count). The number of rotatable bonds is 6. The van der Waals surface area contributed by atoms with Crippen LogP contribution >= 0.6 is 0 Å². The van der Waals surface area contributed by atoms with Crippen LogP contribution in [0.5, 0.6) is 5.88 Å². The summed E-state index contributed by atoms with van der Waals surface area (Å²) < 4.78 is 11.7. The molecule has 0 spiro atoms. The Labute approximate surface area is 206 Å². The summed E-state index contributed by atoms with van der Waals surface area (Å²) in [4.78, 5) is 38.7. The highest BCUT2D eigenvalue weighted by Gasteiger charge is 2.35. The standard InChI is InChI=1S/C26H34N4O5/c1-17-14-30(18(2)16-31)26(33)22-11-21(20-5-4-8-27-12-20)13-28-24(22)35-23(17)15-29(3)25(32)19-6-9-34-10-7-19/h4-5,8,11-13,17-19,23,31H,6-7,9-10,14-16H2,1-3H3/t17-,18+,23+/m0/s1. The molecule has 188 valence electrons. The fourth-order valence-corrected chi connectivity index (χ4v) is 4.63. The average molecular weight is 483 g/mol. The predicted octanol–water partition coefficient (Wildman–Crippen LogP) is 2.25. The van der Waals surface area contributed by atoms with E-state index in [1.807, 2.05) is 26.0 Å². The van der Waals surface area contributed by atoms with Gasteiger partial charge in [-0.05, 0) is 31.9 Å². The van der Waals surface area contributed by atoms with Crippen molar-refractivity contribution < 1.29 is 24.2 Å². The van der Waals surface area contributed by atoms with E-state index in [0.717, 1.165) is 24.0 Å². The maximum Gasteiger partial charge on any atom is 0.259 e. The zero-order valence-corrected chi connectivity index (χ0v) is 20.6. The quantitative estimate of drug-likeness (QED) is 0.673. The second-order valence-electron chi connectivity index (χ2n) is 9.55. The zero-order valence-electron chi connectivity index (χ0n) is 20.6. The zero-order chi connectivity index (χ0) is 24.9. The molecular formula is C26H34N4O5. The number of amides is 2. The summed E-state index contributed by atoms with van der Waals surface area (Å²) in [6.07, 6.45) is 6.15. The third-order valence-electron chi connectivity index (χ3n) is 6.92. The highest BCUT2D eigenvalue weighted by molar-refractivity contribution is 5.98. The molecule has 4 heterocycles. The van der Waals surface area contributed by atoms with Crippen LogP contribution in [-0.2, 0) is 9.53 Å². The third kappa shape index (κ3) is 5.62. The SMILES string of the molecule is C[C@H](CO)N1C[C@H](C)[C@@H](CN(C)C(=O)C2CCOCC2)Oc2ncc(-c3cccnc3)cc2C1=O. The average Bonchev–Trinajstić information content (AvgIpc) is 2.90. The van der Waals surface area contributed by atoms with Gasteiger partial charge < -0.3 is 24.4 Å². The number of pyridine rings is 2. The fourth-order valence-electron chi connectivity index (χ4n) is 4.63. The van der Waals surface area contributed by atoms with Crippen LogP contribution in [0.4, 0.5) is 0 Å². The van der Waals surface area contributed by atoms with E-state index < -0.39 is 0 Å². The van der Waals surface area contributed by atoms with E-state index in [4.69, 9.17) is 9.47 Å². The first-order valence-corrected chi connectivity index (χ1v) is 12.2. The summed E-state index contributed by atoms with van der Waals surface area (Å²) in [6, 6.07) is 5.12. The van der Waals surface area contributed by atoms with Crippen LogP contribution in [0.15, 0.2) is 36.8 Å². The first-order chi connectivity index (χ1) is 16.9. The number of carbonyl (C=O) groups excluding carboxylic acids is 2. The van der Waals surface area contributed by atoms with Gasteiger partial charge in [0.1, 0.15) is 11.7 Å². The van der Waals surface area contributed by atoms with Crippen LogP contribution in [0.25, 0.3) is 11.1 Å². The summed E-state index contributed by atoms with van der Waals surface area (Å²) >= 11 is 0. The van der Waals surface area contributed by atoms with Crippen molar-refractivity contribution in [1.29, 1.82) is 0 Å². The van der Waals surface area contributed by atoms with Crippen molar-refractivity contribution >= 4 is 11.8 Å². The van der Waals surface area contributed by atoms with Gasteiger partial charge in [-0.2, -0.15) is 0 Å². The van der Waals surface area contributed by atoms with Gasteiger partial charge in [0, 0.05) is 68.4 Å². The molecule has 3 atom stereocenters. The van der Waals surface area contributed by atoms with E-state index in [1.54, 1.807) is 41.5 Å². The van der Waals surface area contributed by atoms with Gasteiger partial charge in [0.15, 0.2) is 0 Å². The molecule has 2 aromatic rings. The second kappa shape index (κ2) is 11.1. The molecule has 35 heavy (non-hydrogen) atoms. The number of nitrogens with zero attached hydrogens (tertiary/aromatic N) is 4.